The lowest BCUT2D eigenvalue weighted by Gasteiger charge is -2.32. The van der Waals surface area contributed by atoms with E-state index in [1.807, 2.05) is 30.3 Å². The van der Waals surface area contributed by atoms with E-state index < -0.39 is 23.3 Å². The summed E-state index contributed by atoms with van der Waals surface area (Å²) >= 11 is 0. The molecule has 5 rings (SSSR count). The highest BCUT2D eigenvalue weighted by molar-refractivity contribution is 5.87. The number of carbonyl (C=O) groups is 2. The Hall–Kier alpha value is -3.52. The van der Waals surface area contributed by atoms with E-state index in [0.29, 0.717) is 17.0 Å². The zero-order chi connectivity index (χ0) is 21.9. The molecule has 0 saturated heterocycles. The number of para-hydroxylation sites is 1. The molecular weight excluding hydrogens is 398 g/mol. The number of esters is 1. The molecule has 0 saturated carbocycles. The van der Waals surface area contributed by atoms with Crippen LogP contribution in [0, 0.1) is 0 Å². The minimum absolute atomic E-state index is 0.0652. The van der Waals surface area contributed by atoms with Crippen molar-refractivity contribution in [1.82, 2.24) is 14.9 Å². The Morgan fingerprint density at radius 2 is 2.06 bits per heavy atom. The van der Waals surface area contributed by atoms with Gasteiger partial charge in [-0.3, -0.25) is 14.2 Å². The second kappa shape index (κ2) is 6.75. The van der Waals surface area contributed by atoms with E-state index in [1.54, 1.807) is 19.9 Å². The van der Waals surface area contributed by atoms with E-state index >= 15 is 0 Å². The van der Waals surface area contributed by atoms with Gasteiger partial charge < -0.3 is 15.2 Å². The van der Waals surface area contributed by atoms with Crippen molar-refractivity contribution in [3.05, 3.63) is 63.4 Å². The lowest BCUT2D eigenvalue weighted by molar-refractivity contribution is -0.172. The molecule has 2 N–H and O–H groups in total. The number of rotatable bonds is 3. The summed E-state index contributed by atoms with van der Waals surface area (Å²) in [7, 11) is 0. The third kappa shape index (κ3) is 2.64. The zero-order valence-corrected chi connectivity index (χ0v) is 17.1. The normalized spacial score (nSPS) is 21.3. The summed E-state index contributed by atoms with van der Waals surface area (Å²) in [6.07, 6.45) is -0.412. The molecule has 0 fully saturated rings. The Balaban J connectivity index is 1.83. The van der Waals surface area contributed by atoms with Crippen LogP contribution in [0.1, 0.15) is 49.5 Å². The number of nitrogens with zero attached hydrogens (tertiary/aromatic N) is 2. The van der Waals surface area contributed by atoms with Crippen molar-refractivity contribution in [3.63, 3.8) is 0 Å². The Morgan fingerprint density at radius 3 is 2.81 bits per heavy atom. The van der Waals surface area contributed by atoms with Gasteiger partial charge >= 0.3 is 5.97 Å². The van der Waals surface area contributed by atoms with Gasteiger partial charge in [0.05, 0.1) is 22.5 Å². The summed E-state index contributed by atoms with van der Waals surface area (Å²) in [5.41, 5.74) is 0.550. The molecule has 2 aliphatic heterocycles. The Bertz CT molecular complexity index is 1330. The van der Waals surface area contributed by atoms with Crippen molar-refractivity contribution in [2.24, 2.45) is 0 Å². The molecule has 4 heterocycles. The van der Waals surface area contributed by atoms with Crippen LogP contribution in [0.5, 0.6) is 0 Å². The monoisotopic (exact) mass is 419 g/mol. The number of benzene rings is 1. The van der Waals surface area contributed by atoms with Crippen LogP contribution in [-0.4, -0.2) is 26.5 Å². The second-order valence-corrected chi connectivity index (χ2v) is 7.83. The van der Waals surface area contributed by atoms with Crippen molar-refractivity contribution in [2.45, 2.75) is 45.1 Å². The van der Waals surface area contributed by atoms with Gasteiger partial charge in [0, 0.05) is 22.9 Å². The Morgan fingerprint density at radius 1 is 1.29 bits per heavy atom. The number of amides is 1. The first-order chi connectivity index (χ1) is 14.9. The molecule has 3 aromatic rings. The van der Waals surface area contributed by atoms with Crippen molar-refractivity contribution >= 4 is 22.8 Å². The van der Waals surface area contributed by atoms with Crippen LogP contribution < -0.4 is 10.9 Å². The van der Waals surface area contributed by atoms with Crippen molar-refractivity contribution < 1.29 is 19.4 Å². The smallest absolute Gasteiger partial charge is 0.343 e. The topological polar surface area (TPSA) is 111 Å². The molecule has 0 bridgehead atoms. The molecular formula is C23H21N3O5. The van der Waals surface area contributed by atoms with Crippen LogP contribution in [0.15, 0.2) is 41.2 Å². The fraction of sp³-hybridized carbons (Fsp3) is 0.304. The summed E-state index contributed by atoms with van der Waals surface area (Å²) in [6.45, 7) is 3.17. The van der Waals surface area contributed by atoms with E-state index in [4.69, 9.17) is 9.72 Å². The molecule has 158 valence electrons. The molecule has 2 aromatic heterocycles. The van der Waals surface area contributed by atoms with Crippen LogP contribution >= 0.6 is 0 Å². The number of nitrogens with one attached hydrogen (secondary N) is 1. The van der Waals surface area contributed by atoms with Gasteiger partial charge in [-0.05, 0) is 24.6 Å². The van der Waals surface area contributed by atoms with E-state index in [9.17, 15) is 19.5 Å². The lowest BCUT2D eigenvalue weighted by Crippen LogP contribution is -2.45. The molecule has 8 heteroatoms. The number of aliphatic hydroxyl groups is 1. The van der Waals surface area contributed by atoms with Gasteiger partial charge in [-0.25, -0.2) is 9.78 Å². The number of cyclic esters (lactones) is 1. The number of fused-ring (bicyclic) bond motifs is 5. The first-order valence-corrected chi connectivity index (χ1v) is 10.3. The zero-order valence-electron chi connectivity index (χ0n) is 17.1. The van der Waals surface area contributed by atoms with Crippen LogP contribution in [0.3, 0.4) is 0 Å². The third-order valence-corrected chi connectivity index (χ3v) is 6.15. The van der Waals surface area contributed by atoms with Gasteiger partial charge in [0.1, 0.15) is 12.8 Å². The molecule has 0 spiro atoms. The van der Waals surface area contributed by atoms with E-state index in [1.165, 1.54) is 4.57 Å². The molecule has 1 unspecified atom stereocenters. The largest absolute Gasteiger partial charge is 0.458 e. The molecule has 1 amide bonds. The van der Waals surface area contributed by atoms with Crippen molar-refractivity contribution in [1.29, 1.82) is 0 Å². The summed E-state index contributed by atoms with van der Waals surface area (Å²) in [5.74, 6) is -0.981. The molecule has 2 atom stereocenters. The maximum absolute atomic E-state index is 13.5. The predicted octanol–water partition coefficient (Wildman–Crippen LogP) is 2.10. The van der Waals surface area contributed by atoms with Crippen LogP contribution in [0.2, 0.25) is 0 Å². The Kier molecular flexibility index (Phi) is 4.23. The van der Waals surface area contributed by atoms with Crippen molar-refractivity contribution in [3.8, 4) is 11.4 Å². The first-order valence-electron chi connectivity index (χ1n) is 10.3. The third-order valence-electron chi connectivity index (χ3n) is 6.15. The van der Waals surface area contributed by atoms with Gasteiger partial charge in [-0.15, -0.1) is 0 Å². The van der Waals surface area contributed by atoms with Gasteiger partial charge in [0.15, 0.2) is 5.60 Å². The molecule has 31 heavy (non-hydrogen) atoms. The number of carbonyl (C=O) groups excluding carboxylic acids is 2. The maximum Gasteiger partial charge on any atom is 0.343 e. The SMILES string of the molecule is CCC(=O)NC1c2cc3ccccc3nc2-c2cc3c(c(=O)n21)COC(=O)[C@]3(O)CC. The number of ether oxygens (including phenoxy) is 1. The van der Waals surface area contributed by atoms with Gasteiger partial charge in [-0.2, -0.15) is 0 Å². The van der Waals surface area contributed by atoms with Crippen molar-refractivity contribution in [2.75, 3.05) is 0 Å². The fourth-order valence-electron chi connectivity index (χ4n) is 4.39. The minimum atomic E-state index is -1.90. The highest BCUT2D eigenvalue weighted by Gasteiger charge is 2.46. The number of pyridine rings is 2. The van der Waals surface area contributed by atoms with Gasteiger partial charge in [0.25, 0.3) is 5.56 Å². The first kappa shape index (κ1) is 19.4. The summed E-state index contributed by atoms with van der Waals surface area (Å²) < 4.78 is 6.59. The second-order valence-electron chi connectivity index (χ2n) is 7.83. The average Bonchev–Trinajstić information content (AvgIpc) is 3.07. The van der Waals surface area contributed by atoms with Gasteiger partial charge in [0.2, 0.25) is 5.91 Å². The molecule has 1 aromatic carbocycles. The number of hydrogen-bond donors (Lipinski definition) is 2. The number of hydrogen-bond acceptors (Lipinski definition) is 6. The highest BCUT2D eigenvalue weighted by atomic mass is 16.6. The Labute approximate surface area is 177 Å². The standard InChI is InChI=1S/C23H21N3O5/c1-3-18(27)25-20-13-9-12-7-5-6-8-16(12)24-19(13)17-10-15-14(21(28)26(17)20)11-31-22(29)23(15,30)4-2/h5-10,20,30H,3-4,11H2,1-2H3,(H,25,27)/t20?,23-/m0/s1. The highest BCUT2D eigenvalue weighted by Crippen LogP contribution is 2.41. The quantitative estimate of drug-likeness (QED) is 0.629. The van der Waals surface area contributed by atoms with Crippen LogP contribution in [0.4, 0.5) is 0 Å². The van der Waals surface area contributed by atoms with Crippen LogP contribution in [-0.2, 0) is 26.5 Å². The molecule has 0 aliphatic carbocycles. The van der Waals surface area contributed by atoms with Crippen LogP contribution in [0.25, 0.3) is 22.3 Å². The maximum atomic E-state index is 13.5. The average molecular weight is 419 g/mol. The van der Waals surface area contributed by atoms with Gasteiger partial charge in [-0.1, -0.05) is 32.0 Å². The molecule has 2 aliphatic rings. The predicted molar refractivity (Wildman–Crippen MR) is 112 cm³/mol. The summed E-state index contributed by atoms with van der Waals surface area (Å²) in [4.78, 5) is 42.9. The van der Waals surface area contributed by atoms with E-state index in [0.717, 1.165) is 10.9 Å². The lowest BCUT2D eigenvalue weighted by atomic mass is 9.86. The van der Waals surface area contributed by atoms with E-state index in [2.05, 4.69) is 5.32 Å². The summed E-state index contributed by atoms with van der Waals surface area (Å²) in [6, 6.07) is 11.1. The summed E-state index contributed by atoms with van der Waals surface area (Å²) in [5, 5.41) is 14.8. The van der Waals surface area contributed by atoms with E-state index in [-0.39, 0.29) is 36.5 Å². The minimum Gasteiger partial charge on any atom is -0.458 e. The molecule has 8 nitrogen and oxygen atoms in total. The fourth-order valence-corrected chi connectivity index (χ4v) is 4.39. The molecule has 0 radical (unpaired) electrons. The number of aromatic nitrogens is 2.